The van der Waals surface area contributed by atoms with Gasteiger partial charge in [-0.2, -0.15) is 0 Å². The normalized spacial score (nSPS) is 11.1. The molecule has 0 unspecified atom stereocenters. The van der Waals surface area contributed by atoms with Crippen LogP contribution in [0.25, 0.3) is 11.0 Å². The van der Waals surface area contributed by atoms with Crippen molar-refractivity contribution in [2.75, 3.05) is 12.4 Å². The van der Waals surface area contributed by atoms with Crippen molar-refractivity contribution in [1.29, 1.82) is 0 Å². The Morgan fingerprint density at radius 2 is 2.07 bits per heavy atom. The molecule has 0 spiro atoms. The van der Waals surface area contributed by atoms with Crippen molar-refractivity contribution < 1.29 is 4.74 Å². The summed E-state index contributed by atoms with van der Waals surface area (Å²) in [5.74, 6) is 0.605. The van der Waals surface area contributed by atoms with Crippen molar-refractivity contribution in [1.82, 2.24) is 15.0 Å². The zero-order valence-electron chi connectivity index (χ0n) is 14.4. The van der Waals surface area contributed by atoms with E-state index in [1.807, 2.05) is 30.5 Å². The Bertz CT molecular complexity index is 1080. The van der Waals surface area contributed by atoms with Crippen LogP contribution >= 0.6 is 34.5 Å². The molecular formula is C19H16Cl2N4OS. The maximum Gasteiger partial charge on any atom is 0.212 e. The van der Waals surface area contributed by atoms with Gasteiger partial charge < -0.3 is 15.0 Å². The van der Waals surface area contributed by atoms with Crippen molar-refractivity contribution in [3.63, 3.8) is 0 Å². The van der Waals surface area contributed by atoms with Gasteiger partial charge in [-0.1, -0.05) is 29.3 Å². The van der Waals surface area contributed by atoms with Crippen molar-refractivity contribution in [2.45, 2.75) is 13.0 Å². The molecule has 0 aliphatic heterocycles. The van der Waals surface area contributed by atoms with Crippen LogP contribution < -0.4 is 10.1 Å². The predicted molar refractivity (Wildman–Crippen MR) is 111 cm³/mol. The molecule has 0 fully saturated rings. The molecule has 4 heterocycles. The fourth-order valence-electron chi connectivity index (χ4n) is 2.79. The molecule has 5 nitrogen and oxygen atoms in total. The van der Waals surface area contributed by atoms with E-state index in [9.17, 15) is 0 Å². The smallest absolute Gasteiger partial charge is 0.212 e. The maximum absolute atomic E-state index is 6.46. The van der Waals surface area contributed by atoms with Gasteiger partial charge in [0.15, 0.2) is 0 Å². The maximum atomic E-state index is 6.46. The van der Waals surface area contributed by atoms with E-state index in [-0.39, 0.29) is 0 Å². The third-order valence-corrected chi connectivity index (χ3v) is 5.91. The number of hydrogen-bond donors (Lipinski definition) is 2. The van der Waals surface area contributed by atoms with Gasteiger partial charge in [0.1, 0.15) is 5.65 Å². The lowest BCUT2D eigenvalue weighted by molar-refractivity contribution is 0.397. The van der Waals surface area contributed by atoms with Crippen LogP contribution in [0, 0.1) is 0 Å². The second kappa shape index (κ2) is 7.76. The molecule has 0 amide bonds. The fourth-order valence-corrected chi connectivity index (χ4v) is 4.28. The number of halogens is 2. The second-order valence-electron chi connectivity index (χ2n) is 5.98. The van der Waals surface area contributed by atoms with E-state index in [0.29, 0.717) is 17.4 Å². The number of hydrogen-bond acceptors (Lipinski definition) is 5. The molecule has 0 aliphatic carbocycles. The van der Waals surface area contributed by atoms with E-state index in [1.165, 1.54) is 0 Å². The number of fused-ring (bicyclic) bond motifs is 1. The van der Waals surface area contributed by atoms with E-state index < -0.39 is 0 Å². The van der Waals surface area contributed by atoms with Gasteiger partial charge in [-0.15, -0.1) is 11.3 Å². The molecule has 4 aromatic heterocycles. The SMILES string of the molecule is COc1ccc(CNc2cc(Cl)c(Cc3c[nH]c4ncc(Cl)cc34)s2)cn1. The van der Waals surface area contributed by atoms with Crippen molar-refractivity contribution in [2.24, 2.45) is 0 Å². The first-order valence-electron chi connectivity index (χ1n) is 8.25. The highest BCUT2D eigenvalue weighted by Gasteiger charge is 2.12. The molecule has 27 heavy (non-hydrogen) atoms. The summed E-state index contributed by atoms with van der Waals surface area (Å²) >= 11 is 14.2. The van der Waals surface area contributed by atoms with Crippen molar-refractivity contribution in [3.8, 4) is 5.88 Å². The van der Waals surface area contributed by atoms with Gasteiger partial charge in [0.2, 0.25) is 5.88 Å². The quantitative estimate of drug-likeness (QED) is 0.431. The third-order valence-electron chi connectivity index (χ3n) is 4.17. The first kappa shape index (κ1) is 18.1. The number of rotatable bonds is 6. The number of nitrogens with zero attached hydrogens (tertiary/aromatic N) is 2. The monoisotopic (exact) mass is 418 g/mol. The number of aromatic amines is 1. The van der Waals surface area contributed by atoms with Crippen LogP contribution in [0.15, 0.2) is 42.9 Å². The second-order valence-corrected chi connectivity index (χ2v) is 7.96. The molecule has 0 aromatic carbocycles. The summed E-state index contributed by atoms with van der Waals surface area (Å²) in [6, 6.07) is 7.71. The standard InChI is InChI=1S/C19H16Cl2N4OS/c1-26-17-3-2-11(7-22-17)8-23-18-6-15(21)16(27-18)4-12-9-24-19-14(12)5-13(20)10-25-19/h2-3,5-7,9-10,23H,4,8H2,1H3,(H,24,25). The molecule has 4 rings (SSSR count). The lowest BCUT2D eigenvalue weighted by Gasteiger charge is -2.04. The summed E-state index contributed by atoms with van der Waals surface area (Å²) in [4.78, 5) is 12.8. The van der Waals surface area contributed by atoms with Crippen LogP contribution in [0.1, 0.15) is 16.0 Å². The largest absolute Gasteiger partial charge is 0.481 e. The topological polar surface area (TPSA) is 62.8 Å². The van der Waals surface area contributed by atoms with E-state index in [0.717, 1.165) is 43.5 Å². The average molecular weight is 419 g/mol. The minimum absolute atomic E-state index is 0.605. The summed E-state index contributed by atoms with van der Waals surface area (Å²) in [7, 11) is 1.60. The van der Waals surface area contributed by atoms with Gasteiger partial charge in [0, 0.05) is 47.9 Å². The van der Waals surface area contributed by atoms with E-state index in [4.69, 9.17) is 27.9 Å². The molecule has 0 radical (unpaired) electrons. The van der Waals surface area contributed by atoms with Crippen LogP contribution in [0.3, 0.4) is 0 Å². The van der Waals surface area contributed by atoms with Crippen LogP contribution in [-0.4, -0.2) is 22.1 Å². The molecule has 138 valence electrons. The minimum Gasteiger partial charge on any atom is -0.481 e. The highest BCUT2D eigenvalue weighted by Crippen LogP contribution is 2.34. The Balaban J connectivity index is 1.48. The van der Waals surface area contributed by atoms with Gasteiger partial charge in [0.25, 0.3) is 0 Å². The lowest BCUT2D eigenvalue weighted by atomic mass is 10.1. The Morgan fingerprint density at radius 3 is 2.85 bits per heavy atom. The van der Waals surface area contributed by atoms with Crippen LogP contribution in [0.2, 0.25) is 10.0 Å². The van der Waals surface area contributed by atoms with Gasteiger partial charge >= 0.3 is 0 Å². The van der Waals surface area contributed by atoms with Crippen molar-refractivity contribution in [3.05, 3.63) is 68.9 Å². The van der Waals surface area contributed by atoms with Crippen LogP contribution in [0.5, 0.6) is 5.88 Å². The highest BCUT2D eigenvalue weighted by molar-refractivity contribution is 7.16. The van der Waals surface area contributed by atoms with Gasteiger partial charge in [-0.3, -0.25) is 0 Å². The van der Waals surface area contributed by atoms with Crippen LogP contribution in [0.4, 0.5) is 5.00 Å². The van der Waals surface area contributed by atoms with E-state index >= 15 is 0 Å². The first-order chi connectivity index (χ1) is 13.1. The number of thiophene rings is 1. The molecular weight excluding hydrogens is 403 g/mol. The Hall–Kier alpha value is -2.28. The molecule has 2 N–H and O–H groups in total. The average Bonchev–Trinajstić information content (AvgIpc) is 3.24. The summed E-state index contributed by atoms with van der Waals surface area (Å²) in [6.07, 6.45) is 6.11. The van der Waals surface area contributed by atoms with Gasteiger partial charge in [-0.25, -0.2) is 9.97 Å². The van der Waals surface area contributed by atoms with E-state index in [2.05, 4.69) is 20.3 Å². The van der Waals surface area contributed by atoms with E-state index in [1.54, 1.807) is 30.8 Å². The summed E-state index contributed by atoms with van der Waals surface area (Å²) in [5.41, 5.74) is 3.02. The number of aromatic nitrogens is 3. The number of methoxy groups -OCH3 is 1. The zero-order chi connectivity index (χ0) is 18.8. The van der Waals surface area contributed by atoms with Gasteiger partial charge in [0.05, 0.1) is 22.2 Å². The number of nitrogens with one attached hydrogen (secondary N) is 2. The molecule has 0 saturated carbocycles. The number of ether oxygens (including phenoxy) is 1. The minimum atomic E-state index is 0.605. The van der Waals surface area contributed by atoms with Crippen LogP contribution in [-0.2, 0) is 13.0 Å². The fraction of sp³-hybridized carbons (Fsp3) is 0.158. The lowest BCUT2D eigenvalue weighted by Crippen LogP contribution is -1.98. The molecule has 4 aromatic rings. The van der Waals surface area contributed by atoms with Crippen molar-refractivity contribution >= 4 is 50.6 Å². The first-order valence-corrected chi connectivity index (χ1v) is 9.82. The zero-order valence-corrected chi connectivity index (χ0v) is 16.8. The summed E-state index contributed by atoms with van der Waals surface area (Å²) in [6.45, 7) is 0.667. The molecule has 0 saturated heterocycles. The summed E-state index contributed by atoms with van der Waals surface area (Å²) in [5, 5.41) is 6.80. The highest BCUT2D eigenvalue weighted by atomic mass is 35.5. The van der Waals surface area contributed by atoms with Gasteiger partial charge in [-0.05, 0) is 23.3 Å². The Kier molecular flexibility index (Phi) is 5.20. The molecule has 8 heteroatoms. The molecule has 0 bridgehead atoms. The number of H-pyrrole nitrogens is 1. The predicted octanol–water partition coefficient (Wildman–Crippen LogP) is 5.54. The number of pyridine rings is 2. The Labute approximate surface area is 170 Å². The molecule has 0 aliphatic rings. The number of anilines is 1. The Morgan fingerprint density at radius 1 is 1.19 bits per heavy atom. The third kappa shape index (κ3) is 4.03. The molecule has 0 atom stereocenters. The summed E-state index contributed by atoms with van der Waals surface area (Å²) < 4.78 is 5.08.